The van der Waals surface area contributed by atoms with Crippen molar-refractivity contribution in [1.29, 1.82) is 0 Å². The number of hydrogen-bond acceptors (Lipinski definition) is 3. The maximum absolute atomic E-state index is 12.0. The molecule has 4 nitrogen and oxygen atoms in total. The molecule has 0 aliphatic heterocycles. The summed E-state index contributed by atoms with van der Waals surface area (Å²) in [6.45, 7) is 4.73. The van der Waals surface area contributed by atoms with E-state index in [0.717, 1.165) is 31.4 Å². The summed E-state index contributed by atoms with van der Waals surface area (Å²) in [5, 5.41) is 2.89. The van der Waals surface area contributed by atoms with Gasteiger partial charge in [0, 0.05) is 12.1 Å². The van der Waals surface area contributed by atoms with Crippen LogP contribution >= 0.6 is 0 Å². The number of hydrogen-bond donors (Lipinski definition) is 1. The van der Waals surface area contributed by atoms with Crippen LogP contribution in [0.5, 0.6) is 0 Å². The first-order valence-electron chi connectivity index (χ1n) is 10.2. The lowest BCUT2D eigenvalue weighted by Gasteiger charge is -2.07. The van der Waals surface area contributed by atoms with Crippen molar-refractivity contribution in [1.82, 2.24) is 0 Å². The van der Waals surface area contributed by atoms with Crippen molar-refractivity contribution in [3.8, 4) is 0 Å². The van der Waals surface area contributed by atoms with Gasteiger partial charge in [-0.15, -0.1) is 0 Å². The monoisotopic (exact) mass is 361 g/mol. The fraction of sp³-hybridized carbons (Fsp3) is 0.636. The molecule has 0 aliphatic rings. The Hall–Kier alpha value is -1.84. The summed E-state index contributed by atoms with van der Waals surface area (Å²) in [7, 11) is 0. The molecule has 1 aromatic carbocycles. The first-order chi connectivity index (χ1) is 12.7. The number of nitrogens with one attached hydrogen (secondary N) is 1. The number of unbranched alkanes of at least 4 members (excludes halogenated alkanes) is 8. The van der Waals surface area contributed by atoms with E-state index in [1.165, 1.54) is 38.5 Å². The Labute approximate surface area is 158 Å². The second-order valence-corrected chi connectivity index (χ2v) is 6.84. The summed E-state index contributed by atoms with van der Waals surface area (Å²) in [6.07, 6.45) is 12.2. The van der Waals surface area contributed by atoms with E-state index in [1.807, 2.05) is 0 Å². The number of rotatable bonds is 14. The molecule has 0 saturated carbocycles. The molecular weight excluding hydrogens is 326 g/mol. The smallest absolute Gasteiger partial charge is 0.338 e. The minimum atomic E-state index is -0.310. The third-order valence-electron chi connectivity index (χ3n) is 4.39. The average molecular weight is 362 g/mol. The van der Waals surface area contributed by atoms with E-state index in [-0.39, 0.29) is 11.9 Å². The highest BCUT2D eigenvalue weighted by Gasteiger charge is 2.07. The fourth-order valence-corrected chi connectivity index (χ4v) is 2.73. The van der Waals surface area contributed by atoms with E-state index >= 15 is 0 Å². The summed E-state index contributed by atoms with van der Waals surface area (Å²) < 4.78 is 5.17. The second-order valence-electron chi connectivity index (χ2n) is 6.84. The topological polar surface area (TPSA) is 55.4 Å². The number of benzene rings is 1. The molecule has 0 bridgehead atoms. The minimum Gasteiger partial charge on any atom is -0.462 e. The minimum absolute atomic E-state index is 0.0363. The van der Waals surface area contributed by atoms with Gasteiger partial charge in [-0.25, -0.2) is 4.79 Å². The van der Waals surface area contributed by atoms with Gasteiger partial charge in [-0.3, -0.25) is 4.79 Å². The molecule has 0 spiro atoms. The molecule has 146 valence electrons. The zero-order valence-electron chi connectivity index (χ0n) is 16.5. The normalized spacial score (nSPS) is 10.5. The molecule has 0 radical (unpaired) electrons. The molecule has 0 atom stereocenters. The first kappa shape index (κ1) is 22.2. The largest absolute Gasteiger partial charge is 0.462 e. The SMILES string of the molecule is CCCCCCCCCCC(=O)Nc1ccc(C(=O)OCCCC)cc1. The van der Waals surface area contributed by atoms with Gasteiger partial charge in [0.1, 0.15) is 0 Å². The highest BCUT2D eigenvalue weighted by Crippen LogP contribution is 2.13. The molecule has 1 N–H and O–H groups in total. The molecule has 1 aromatic rings. The summed E-state index contributed by atoms with van der Waals surface area (Å²) in [4.78, 5) is 23.8. The van der Waals surface area contributed by atoms with Crippen LogP contribution in [0.1, 0.15) is 94.8 Å². The lowest BCUT2D eigenvalue weighted by Crippen LogP contribution is -2.11. The number of anilines is 1. The van der Waals surface area contributed by atoms with Crippen LogP contribution in [0.4, 0.5) is 5.69 Å². The molecule has 0 aliphatic carbocycles. The average Bonchev–Trinajstić information content (AvgIpc) is 2.64. The summed E-state index contributed by atoms with van der Waals surface area (Å²) in [6, 6.07) is 6.89. The Kier molecular flexibility index (Phi) is 12.2. The predicted molar refractivity (Wildman–Crippen MR) is 107 cm³/mol. The van der Waals surface area contributed by atoms with Crippen LogP contribution < -0.4 is 5.32 Å². The number of carbonyl (C=O) groups excluding carboxylic acids is 2. The number of carbonyl (C=O) groups is 2. The molecule has 0 unspecified atom stereocenters. The zero-order chi connectivity index (χ0) is 19.0. The standard InChI is InChI=1S/C22H35NO3/c1-3-5-7-8-9-10-11-12-13-21(24)23-20-16-14-19(15-17-20)22(25)26-18-6-4-2/h14-17H,3-13,18H2,1-2H3,(H,23,24). The summed E-state index contributed by atoms with van der Waals surface area (Å²) in [5.74, 6) is -0.274. The van der Waals surface area contributed by atoms with Gasteiger partial charge in [-0.05, 0) is 37.1 Å². The molecule has 0 heterocycles. The third-order valence-corrected chi connectivity index (χ3v) is 4.39. The lowest BCUT2D eigenvalue weighted by molar-refractivity contribution is -0.116. The quantitative estimate of drug-likeness (QED) is 0.321. The van der Waals surface area contributed by atoms with Crippen molar-refractivity contribution in [2.24, 2.45) is 0 Å². The van der Waals surface area contributed by atoms with Gasteiger partial charge in [-0.2, -0.15) is 0 Å². The van der Waals surface area contributed by atoms with Gasteiger partial charge in [0.25, 0.3) is 0 Å². The van der Waals surface area contributed by atoms with Gasteiger partial charge in [-0.1, -0.05) is 65.2 Å². The van der Waals surface area contributed by atoms with Crippen LogP contribution in [0.25, 0.3) is 0 Å². The van der Waals surface area contributed by atoms with Gasteiger partial charge in [0.2, 0.25) is 5.91 Å². The fourth-order valence-electron chi connectivity index (χ4n) is 2.73. The van der Waals surface area contributed by atoms with Crippen molar-refractivity contribution in [2.75, 3.05) is 11.9 Å². The van der Waals surface area contributed by atoms with E-state index in [2.05, 4.69) is 19.2 Å². The van der Waals surface area contributed by atoms with E-state index in [4.69, 9.17) is 4.74 Å². The van der Waals surface area contributed by atoms with Crippen LogP contribution in [0.3, 0.4) is 0 Å². The summed E-state index contributed by atoms with van der Waals surface area (Å²) in [5.41, 5.74) is 1.24. The predicted octanol–water partition coefficient (Wildman–Crippen LogP) is 6.11. The molecule has 26 heavy (non-hydrogen) atoms. The molecule has 0 aromatic heterocycles. The maximum Gasteiger partial charge on any atom is 0.338 e. The van der Waals surface area contributed by atoms with Gasteiger partial charge >= 0.3 is 5.97 Å². The van der Waals surface area contributed by atoms with Gasteiger partial charge in [0.15, 0.2) is 0 Å². The van der Waals surface area contributed by atoms with Crippen molar-refractivity contribution in [3.05, 3.63) is 29.8 Å². The second kappa shape index (κ2) is 14.3. The third kappa shape index (κ3) is 10.2. The Morgan fingerprint density at radius 3 is 2.00 bits per heavy atom. The van der Waals surface area contributed by atoms with Crippen LogP contribution in [0.2, 0.25) is 0 Å². The molecule has 1 rings (SSSR count). The van der Waals surface area contributed by atoms with Crippen molar-refractivity contribution < 1.29 is 14.3 Å². The molecule has 0 fully saturated rings. The van der Waals surface area contributed by atoms with Gasteiger partial charge in [0.05, 0.1) is 12.2 Å². The van der Waals surface area contributed by atoms with Crippen LogP contribution in [0, 0.1) is 0 Å². The Morgan fingerprint density at radius 2 is 1.38 bits per heavy atom. The maximum atomic E-state index is 12.0. The first-order valence-corrected chi connectivity index (χ1v) is 10.2. The molecule has 1 amide bonds. The Balaban J connectivity index is 2.19. The van der Waals surface area contributed by atoms with Gasteiger partial charge < -0.3 is 10.1 Å². The highest BCUT2D eigenvalue weighted by molar-refractivity contribution is 5.93. The van der Waals surface area contributed by atoms with E-state index in [1.54, 1.807) is 24.3 Å². The summed E-state index contributed by atoms with van der Waals surface area (Å²) >= 11 is 0. The van der Waals surface area contributed by atoms with E-state index in [0.29, 0.717) is 18.6 Å². The molecule has 0 saturated heterocycles. The number of ether oxygens (including phenoxy) is 1. The van der Waals surface area contributed by atoms with Crippen molar-refractivity contribution in [2.45, 2.75) is 84.5 Å². The number of esters is 1. The van der Waals surface area contributed by atoms with E-state index in [9.17, 15) is 9.59 Å². The van der Waals surface area contributed by atoms with Crippen LogP contribution in [0.15, 0.2) is 24.3 Å². The van der Waals surface area contributed by atoms with Crippen LogP contribution in [-0.2, 0) is 9.53 Å². The lowest BCUT2D eigenvalue weighted by atomic mass is 10.1. The van der Waals surface area contributed by atoms with Crippen molar-refractivity contribution >= 4 is 17.6 Å². The Morgan fingerprint density at radius 1 is 0.808 bits per heavy atom. The van der Waals surface area contributed by atoms with Crippen molar-refractivity contribution in [3.63, 3.8) is 0 Å². The molecular formula is C22H35NO3. The zero-order valence-corrected chi connectivity index (χ0v) is 16.5. The number of amides is 1. The highest BCUT2D eigenvalue weighted by atomic mass is 16.5. The van der Waals surface area contributed by atoms with E-state index < -0.39 is 0 Å². The Bertz CT molecular complexity index is 511. The van der Waals surface area contributed by atoms with Crippen LogP contribution in [-0.4, -0.2) is 18.5 Å². The molecule has 4 heteroatoms.